The molecule has 144 valence electrons. The number of esters is 1. The lowest BCUT2D eigenvalue weighted by atomic mass is 10.2. The molecule has 0 saturated carbocycles. The van der Waals surface area contributed by atoms with Crippen molar-refractivity contribution in [3.8, 4) is 0 Å². The van der Waals surface area contributed by atoms with Crippen LogP contribution in [0.3, 0.4) is 0 Å². The van der Waals surface area contributed by atoms with Crippen LogP contribution in [-0.4, -0.2) is 40.6 Å². The molecule has 0 radical (unpaired) electrons. The molecule has 1 aliphatic heterocycles. The molecule has 1 aliphatic rings. The van der Waals surface area contributed by atoms with Crippen molar-refractivity contribution in [2.75, 3.05) is 12.9 Å². The maximum Gasteiger partial charge on any atom is 0.332 e. The fourth-order valence-electron chi connectivity index (χ4n) is 2.78. The monoisotopic (exact) mass is 396 g/mol. The van der Waals surface area contributed by atoms with Gasteiger partial charge in [-0.1, -0.05) is 60.7 Å². The third-order valence-corrected chi connectivity index (χ3v) is 5.00. The SMILES string of the molecule is COC(=O)CSC=C1C(=O)N(Cc2ccccc2)C(=O)N1Cc1ccccc1. The number of urea groups is 1. The number of imide groups is 1. The van der Waals surface area contributed by atoms with Crippen LogP contribution in [0, 0.1) is 0 Å². The zero-order chi connectivity index (χ0) is 19.9. The van der Waals surface area contributed by atoms with Crippen molar-refractivity contribution >= 4 is 29.7 Å². The van der Waals surface area contributed by atoms with Gasteiger partial charge in [0.2, 0.25) is 0 Å². The van der Waals surface area contributed by atoms with E-state index in [1.54, 1.807) is 5.41 Å². The maximum absolute atomic E-state index is 13.0. The first-order valence-corrected chi connectivity index (χ1v) is 9.75. The topological polar surface area (TPSA) is 66.9 Å². The average molecular weight is 396 g/mol. The molecule has 28 heavy (non-hydrogen) atoms. The number of hydrogen-bond donors (Lipinski definition) is 0. The van der Waals surface area contributed by atoms with Crippen LogP contribution >= 0.6 is 11.8 Å². The molecule has 3 amide bonds. The summed E-state index contributed by atoms with van der Waals surface area (Å²) in [4.78, 5) is 39.9. The number of rotatable bonds is 7. The van der Waals surface area contributed by atoms with E-state index >= 15 is 0 Å². The first-order valence-electron chi connectivity index (χ1n) is 8.70. The molecule has 0 atom stereocenters. The molecule has 1 heterocycles. The van der Waals surface area contributed by atoms with Crippen LogP contribution in [0.1, 0.15) is 11.1 Å². The second-order valence-electron chi connectivity index (χ2n) is 6.12. The van der Waals surface area contributed by atoms with Crippen LogP contribution < -0.4 is 0 Å². The second-order valence-corrected chi connectivity index (χ2v) is 6.98. The Morgan fingerprint density at radius 1 is 0.929 bits per heavy atom. The van der Waals surface area contributed by atoms with Crippen molar-refractivity contribution in [3.63, 3.8) is 0 Å². The third-order valence-electron chi connectivity index (χ3n) is 4.21. The van der Waals surface area contributed by atoms with Crippen LogP contribution in [0.15, 0.2) is 71.8 Å². The molecule has 0 N–H and O–H groups in total. The van der Waals surface area contributed by atoms with Gasteiger partial charge in [-0.3, -0.25) is 19.4 Å². The number of benzene rings is 2. The van der Waals surface area contributed by atoms with E-state index in [0.29, 0.717) is 0 Å². The largest absolute Gasteiger partial charge is 0.468 e. The molecule has 1 fully saturated rings. The predicted octanol–water partition coefficient (Wildman–Crippen LogP) is 3.40. The predicted molar refractivity (Wildman–Crippen MR) is 107 cm³/mol. The summed E-state index contributed by atoms with van der Waals surface area (Å²) in [5, 5.41) is 1.56. The minimum atomic E-state index is -0.394. The molecule has 0 bridgehead atoms. The van der Waals surface area contributed by atoms with E-state index in [-0.39, 0.29) is 36.5 Å². The average Bonchev–Trinajstić information content (AvgIpc) is 2.94. The molecular weight excluding hydrogens is 376 g/mol. The van der Waals surface area contributed by atoms with Gasteiger partial charge < -0.3 is 4.74 Å². The van der Waals surface area contributed by atoms with Crippen molar-refractivity contribution in [3.05, 3.63) is 82.9 Å². The van der Waals surface area contributed by atoms with Gasteiger partial charge in [0.1, 0.15) is 5.70 Å². The number of hydrogen-bond acceptors (Lipinski definition) is 5. The van der Waals surface area contributed by atoms with E-state index in [4.69, 9.17) is 0 Å². The molecular formula is C21H20N2O4S. The first-order chi connectivity index (χ1) is 13.6. The van der Waals surface area contributed by atoms with Crippen LogP contribution in [0.25, 0.3) is 0 Å². The van der Waals surface area contributed by atoms with E-state index in [9.17, 15) is 14.4 Å². The van der Waals surface area contributed by atoms with Crippen molar-refractivity contribution < 1.29 is 19.1 Å². The standard InChI is InChI=1S/C21H20N2O4S/c1-27-19(24)15-28-14-18-20(25)23(13-17-10-6-3-7-11-17)21(26)22(18)12-16-8-4-2-5-9-16/h2-11,14H,12-13,15H2,1H3. The minimum absolute atomic E-state index is 0.0688. The highest BCUT2D eigenvalue weighted by molar-refractivity contribution is 8.02. The Morgan fingerprint density at radius 2 is 1.46 bits per heavy atom. The number of nitrogens with zero attached hydrogens (tertiary/aromatic N) is 2. The second kappa shape index (κ2) is 9.23. The Labute approximate surface area is 167 Å². The van der Waals surface area contributed by atoms with E-state index in [0.717, 1.165) is 22.9 Å². The zero-order valence-electron chi connectivity index (χ0n) is 15.4. The van der Waals surface area contributed by atoms with Gasteiger partial charge in [0, 0.05) is 5.41 Å². The minimum Gasteiger partial charge on any atom is -0.468 e. The van der Waals surface area contributed by atoms with Gasteiger partial charge in [-0.2, -0.15) is 0 Å². The number of thioether (sulfide) groups is 1. The van der Waals surface area contributed by atoms with Crippen molar-refractivity contribution in [1.29, 1.82) is 0 Å². The van der Waals surface area contributed by atoms with Crippen molar-refractivity contribution in [1.82, 2.24) is 9.80 Å². The van der Waals surface area contributed by atoms with E-state index in [2.05, 4.69) is 4.74 Å². The molecule has 2 aromatic rings. The van der Waals surface area contributed by atoms with Crippen LogP contribution in [-0.2, 0) is 27.4 Å². The normalized spacial score (nSPS) is 15.4. The Balaban J connectivity index is 1.84. The summed E-state index contributed by atoms with van der Waals surface area (Å²) >= 11 is 1.13. The van der Waals surface area contributed by atoms with E-state index in [1.807, 2.05) is 60.7 Å². The quantitative estimate of drug-likeness (QED) is 0.408. The lowest BCUT2D eigenvalue weighted by molar-refractivity contribution is -0.137. The Bertz CT molecular complexity index is 884. The summed E-state index contributed by atoms with van der Waals surface area (Å²) in [5.41, 5.74) is 2.04. The highest BCUT2D eigenvalue weighted by Gasteiger charge is 2.40. The fourth-order valence-corrected chi connectivity index (χ4v) is 3.50. The number of amides is 3. The number of carbonyl (C=O) groups is 3. The van der Waals surface area contributed by atoms with E-state index in [1.165, 1.54) is 16.9 Å². The summed E-state index contributed by atoms with van der Waals surface area (Å²) in [6.45, 7) is 0.476. The Morgan fingerprint density at radius 3 is 2.00 bits per heavy atom. The van der Waals surface area contributed by atoms with Crippen LogP contribution in [0.5, 0.6) is 0 Å². The molecule has 0 spiro atoms. The summed E-state index contributed by atoms with van der Waals surface area (Å²) in [5.74, 6) is -0.698. The summed E-state index contributed by atoms with van der Waals surface area (Å²) < 4.78 is 4.62. The molecule has 1 saturated heterocycles. The van der Waals surface area contributed by atoms with Gasteiger partial charge in [0.25, 0.3) is 5.91 Å². The third kappa shape index (κ3) is 4.61. The van der Waals surface area contributed by atoms with Gasteiger partial charge in [0.15, 0.2) is 0 Å². The zero-order valence-corrected chi connectivity index (χ0v) is 16.2. The molecule has 0 aromatic heterocycles. The number of ether oxygens (including phenoxy) is 1. The Hall–Kier alpha value is -3.06. The smallest absolute Gasteiger partial charge is 0.332 e. The molecule has 7 heteroatoms. The number of carbonyl (C=O) groups excluding carboxylic acids is 3. The molecule has 6 nitrogen and oxygen atoms in total. The lowest BCUT2D eigenvalue weighted by Crippen LogP contribution is -2.32. The first kappa shape index (κ1) is 19.7. The van der Waals surface area contributed by atoms with Gasteiger partial charge in [-0.15, -0.1) is 11.8 Å². The maximum atomic E-state index is 13.0. The molecule has 0 aliphatic carbocycles. The van der Waals surface area contributed by atoms with Crippen molar-refractivity contribution in [2.24, 2.45) is 0 Å². The van der Waals surface area contributed by atoms with Crippen LogP contribution in [0.2, 0.25) is 0 Å². The Kier molecular flexibility index (Phi) is 6.49. The van der Waals surface area contributed by atoms with Crippen molar-refractivity contribution in [2.45, 2.75) is 13.1 Å². The molecule has 3 rings (SSSR count). The fraction of sp³-hybridized carbons (Fsp3) is 0.190. The highest BCUT2D eigenvalue weighted by Crippen LogP contribution is 2.27. The summed E-state index contributed by atoms with van der Waals surface area (Å²) in [6, 6.07) is 18.4. The summed E-state index contributed by atoms with van der Waals surface area (Å²) in [6.07, 6.45) is 0. The molecule has 2 aromatic carbocycles. The van der Waals surface area contributed by atoms with Gasteiger partial charge in [-0.25, -0.2) is 4.79 Å². The van der Waals surface area contributed by atoms with Crippen LogP contribution in [0.4, 0.5) is 4.79 Å². The number of methoxy groups -OCH3 is 1. The van der Waals surface area contributed by atoms with Gasteiger partial charge in [0.05, 0.1) is 26.0 Å². The highest BCUT2D eigenvalue weighted by atomic mass is 32.2. The van der Waals surface area contributed by atoms with Gasteiger partial charge in [-0.05, 0) is 11.1 Å². The van der Waals surface area contributed by atoms with Gasteiger partial charge >= 0.3 is 12.0 Å². The summed E-state index contributed by atoms with van der Waals surface area (Å²) in [7, 11) is 1.31. The van der Waals surface area contributed by atoms with E-state index < -0.39 is 5.97 Å². The molecule has 0 unspecified atom stereocenters. The lowest BCUT2D eigenvalue weighted by Gasteiger charge is -2.17.